The molecule has 0 spiro atoms. The van der Waals surface area contributed by atoms with Gasteiger partial charge < -0.3 is 4.74 Å². The Hall–Kier alpha value is -3.21. The zero-order chi connectivity index (χ0) is 16.1. The van der Waals surface area contributed by atoms with Crippen molar-refractivity contribution < 1.29 is 9.53 Å². The number of hydrogen-bond donors (Lipinski definition) is 0. The van der Waals surface area contributed by atoms with Gasteiger partial charge in [-0.05, 0) is 17.7 Å². The summed E-state index contributed by atoms with van der Waals surface area (Å²) in [5.41, 5.74) is 1.17. The average molecular weight is 306 g/mol. The van der Waals surface area contributed by atoms with Gasteiger partial charge in [-0.2, -0.15) is 4.68 Å². The highest BCUT2D eigenvalue weighted by molar-refractivity contribution is 5.74. The maximum atomic E-state index is 12.0. The van der Waals surface area contributed by atoms with Crippen LogP contribution < -0.4 is 10.3 Å². The standard InChI is InChI=1S/C18H14N2O3/c21-17-12-11-16(19-20(17)15-9-5-2-6-10-15)23-18(22)13-14-7-3-1-4-8-14/h1-12H,13H2. The van der Waals surface area contributed by atoms with Crippen LogP contribution in [0.15, 0.2) is 77.6 Å². The SMILES string of the molecule is O=C(Cc1ccccc1)Oc1ccc(=O)n(-c2ccccc2)n1. The first-order valence-corrected chi connectivity index (χ1v) is 7.13. The Kier molecular flexibility index (Phi) is 4.29. The van der Waals surface area contributed by atoms with Crippen LogP contribution in [0.25, 0.3) is 5.69 Å². The molecule has 2 aromatic carbocycles. The number of carbonyl (C=O) groups is 1. The molecule has 0 radical (unpaired) electrons. The van der Waals surface area contributed by atoms with Gasteiger partial charge >= 0.3 is 5.97 Å². The van der Waals surface area contributed by atoms with Crippen molar-refractivity contribution in [1.29, 1.82) is 0 Å². The largest absolute Gasteiger partial charge is 0.406 e. The summed E-state index contributed by atoms with van der Waals surface area (Å²) in [7, 11) is 0. The van der Waals surface area contributed by atoms with E-state index >= 15 is 0 Å². The third-order valence-electron chi connectivity index (χ3n) is 3.19. The van der Waals surface area contributed by atoms with Crippen LogP contribution >= 0.6 is 0 Å². The quantitative estimate of drug-likeness (QED) is 0.694. The molecule has 0 N–H and O–H groups in total. The number of hydrogen-bond acceptors (Lipinski definition) is 4. The van der Waals surface area contributed by atoms with Crippen LogP contribution in [-0.4, -0.2) is 15.7 Å². The molecule has 0 aliphatic rings. The number of ether oxygens (including phenoxy) is 1. The second kappa shape index (κ2) is 6.70. The van der Waals surface area contributed by atoms with E-state index in [4.69, 9.17) is 4.74 Å². The number of benzene rings is 2. The van der Waals surface area contributed by atoms with Crippen molar-refractivity contribution in [3.63, 3.8) is 0 Å². The third kappa shape index (κ3) is 3.71. The van der Waals surface area contributed by atoms with Gasteiger partial charge in [0.2, 0.25) is 5.88 Å². The second-order valence-corrected chi connectivity index (χ2v) is 4.89. The van der Waals surface area contributed by atoms with Gasteiger partial charge in [0.1, 0.15) is 0 Å². The molecule has 5 heteroatoms. The van der Waals surface area contributed by atoms with Crippen molar-refractivity contribution in [2.24, 2.45) is 0 Å². The molecule has 1 aromatic heterocycles. The molecule has 3 rings (SSSR count). The summed E-state index contributed by atoms with van der Waals surface area (Å²) >= 11 is 0. The van der Waals surface area contributed by atoms with Gasteiger partial charge in [0.05, 0.1) is 12.1 Å². The average Bonchev–Trinajstić information content (AvgIpc) is 2.58. The van der Waals surface area contributed by atoms with Crippen molar-refractivity contribution in [2.45, 2.75) is 6.42 Å². The molecule has 0 atom stereocenters. The topological polar surface area (TPSA) is 61.2 Å². The minimum atomic E-state index is -0.429. The minimum absolute atomic E-state index is 0.0920. The van der Waals surface area contributed by atoms with E-state index < -0.39 is 5.97 Å². The number of carbonyl (C=O) groups excluding carboxylic acids is 1. The van der Waals surface area contributed by atoms with Crippen molar-refractivity contribution in [3.05, 3.63) is 88.7 Å². The summed E-state index contributed by atoms with van der Waals surface area (Å²) in [5, 5.41) is 4.09. The summed E-state index contributed by atoms with van der Waals surface area (Å²) in [4.78, 5) is 23.9. The van der Waals surface area contributed by atoms with Gasteiger partial charge in [-0.25, -0.2) is 0 Å². The first-order valence-electron chi connectivity index (χ1n) is 7.13. The fourth-order valence-electron chi connectivity index (χ4n) is 2.12. The summed E-state index contributed by atoms with van der Waals surface area (Å²) < 4.78 is 6.43. The Labute approximate surface area is 132 Å². The van der Waals surface area contributed by atoms with Crippen molar-refractivity contribution >= 4 is 5.97 Å². The molecule has 5 nitrogen and oxygen atoms in total. The smallest absolute Gasteiger partial charge is 0.317 e. The van der Waals surface area contributed by atoms with Gasteiger partial charge in [-0.15, -0.1) is 5.10 Å². The molecule has 0 aliphatic heterocycles. The lowest BCUT2D eigenvalue weighted by Crippen LogP contribution is -2.22. The lowest BCUT2D eigenvalue weighted by atomic mass is 10.2. The van der Waals surface area contributed by atoms with Gasteiger partial charge in [0, 0.05) is 12.1 Å². The maximum Gasteiger partial charge on any atom is 0.317 e. The lowest BCUT2D eigenvalue weighted by molar-refractivity contribution is -0.133. The van der Waals surface area contributed by atoms with E-state index in [0.29, 0.717) is 5.69 Å². The van der Waals surface area contributed by atoms with Gasteiger partial charge in [0.25, 0.3) is 5.56 Å². The van der Waals surface area contributed by atoms with E-state index in [9.17, 15) is 9.59 Å². The zero-order valence-corrected chi connectivity index (χ0v) is 12.3. The van der Waals surface area contributed by atoms with Crippen LogP contribution in [0.1, 0.15) is 5.56 Å². The van der Waals surface area contributed by atoms with E-state index in [-0.39, 0.29) is 17.9 Å². The van der Waals surface area contributed by atoms with Gasteiger partial charge in [-0.1, -0.05) is 48.5 Å². The molecule has 0 aliphatic carbocycles. The Morgan fingerprint density at radius 3 is 2.26 bits per heavy atom. The molecule has 0 bridgehead atoms. The zero-order valence-electron chi connectivity index (χ0n) is 12.3. The molecule has 0 saturated carbocycles. The molecule has 0 amide bonds. The molecule has 0 unspecified atom stereocenters. The Morgan fingerprint density at radius 1 is 0.913 bits per heavy atom. The maximum absolute atomic E-state index is 12.0. The van der Waals surface area contributed by atoms with E-state index in [2.05, 4.69) is 5.10 Å². The van der Waals surface area contributed by atoms with Crippen molar-refractivity contribution in [3.8, 4) is 11.6 Å². The van der Waals surface area contributed by atoms with E-state index in [1.165, 1.54) is 16.8 Å². The van der Waals surface area contributed by atoms with Crippen LogP contribution in [0.3, 0.4) is 0 Å². The number of aromatic nitrogens is 2. The van der Waals surface area contributed by atoms with Crippen LogP contribution in [-0.2, 0) is 11.2 Å². The molecule has 114 valence electrons. The van der Waals surface area contributed by atoms with Gasteiger partial charge in [0.15, 0.2) is 0 Å². The first-order chi connectivity index (χ1) is 11.2. The molecular weight excluding hydrogens is 292 g/mol. The molecule has 0 saturated heterocycles. The summed E-state index contributed by atoms with van der Waals surface area (Å²) in [5.74, 6) is -0.337. The predicted molar refractivity (Wildman–Crippen MR) is 85.6 cm³/mol. The lowest BCUT2D eigenvalue weighted by Gasteiger charge is -2.07. The minimum Gasteiger partial charge on any atom is -0.406 e. The summed E-state index contributed by atoms with van der Waals surface area (Å²) in [6, 6.07) is 21.0. The van der Waals surface area contributed by atoms with Crippen LogP contribution in [0, 0.1) is 0 Å². The fraction of sp³-hybridized carbons (Fsp3) is 0.0556. The molecule has 0 fully saturated rings. The normalized spacial score (nSPS) is 10.3. The molecule has 1 heterocycles. The van der Waals surface area contributed by atoms with Crippen LogP contribution in [0.4, 0.5) is 0 Å². The summed E-state index contributed by atoms with van der Waals surface area (Å²) in [6.45, 7) is 0. The number of esters is 1. The van der Waals surface area contributed by atoms with Crippen LogP contribution in [0.2, 0.25) is 0 Å². The van der Waals surface area contributed by atoms with Crippen molar-refractivity contribution in [1.82, 2.24) is 9.78 Å². The monoisotopic (exact) mass is 306 g/mol. The number of nitrogens with zero attached hydrogens (tertiary/aromatic N) is 2. The molecule has 3 aromatic rings. The van der Waals surface area contributed by atoms with Crippen LogP contribution in [0.5, 0.6) is 5.88 Å². The molecule has 23 heavy (non-hydrogen) atoms. The van der Waals surface area contributed by atoms with E-state index in [1.54, 1.807) is 24.3 Å². The van der Waals surface area contributed by atoms with E-state index in [1.807, 2.05) is 36.4 Å². The highest BCUT2D eigenvalue weighted by Gasteiger charge is 2.09. The predicted octanol–water partition coefficient (Wildman–Crippen LogP) is 2.38. The Morgan fingerprint density at radius 2 is 1.57 bits per heavy atom. The fourth-order valence-corrected chi connectivity index (χ4v) is 2.12. The number of para-hydroxylation sites is 1. The Balaban J connectivity index is 1.79. The first kappa shape index (κ1) is 14.7. The second-order valence-electron chi connectivity index (χ2n) is 4.89. The highest BCUT2D eigenvalue weighted by atomic mass is 16.5. The summed E-state index contributed by atoms with van der Waals surface area (Å²) in [6.07, 6.45) is 0.146. The van der Waals surface area contributed by atoms with E-state index in [0.717, 1.165) is 5.56 Å². The molecular formula is C18H14N2O3. The van der Waals surface area contributed by atoms with Gasteiger partial charge in [-0.3, -0.25) is 9.59 Å². The highest BCUT2D eigenvalue weighted by Crippen LogP contribution is 2.09. The number of rotatable bonds is 4. The third-order valence-corrected chi connectivity index (χ3v) is 3.19. The van der Waals surface area contributed by atoms with Crippen molar-refractivity contribution in [2.75, 3.05) is 0 Å². The Bertz CT molecular complexity index is 858.